The normalized spacial score (nSPS) is 16.8. The predicted octanol–water partition coefficient (Wildman–Crippen LogP) is 2.36. The average Bonchev–Trinajstić information content (AvgIpc) is 2.67. The highest BCUT2D eigenvalue weighted by atomic mass is 31.2. The van der Waals surface area contributed by atoms with Crippen LogP contribution in [0.2, 0.25) is 0 Å². The van der Waals surface area contributed by atoms with Crippen molar-refractivity contribution in [1.82, 2.24) is 0 Å². The van der Waals surface area contributed by atoms with E-state index in [4.69, 9.17) is 32.5 Å². The third-order valence-corrected chi connectivity index (χ3v) is 5.04. The molecule has 1 aromatic carbocycles. The molecule has 166 valence electrons. The van der Waals surface area contributed by atoms with Crippen molar-refractivity contribution in [3.05, 3.63) is 35.9 Å². The van der Waals surface area contributed by atoms with Crippen molar-refractivity contribution >= 4 is 20.1 Å². The quantitative estimate of drug-likeness (QED) is 0.279. The smallest absolute Gasteiger partial charge is 0.426 e. The SMILES string of the molecule is O=C(OCOP(=O)(OCOC(=O)OC1COC1)OCc1ccccc1)OC1COC1. The largest absolute Gasteiger partial charge is 0.510 e. The number of carbonyl (C=O) groups is 2. The first-order valence-electron chi connectivity index (χ1n) is 8.92. The molecule has 0 bridgehead atoms. The van der Waals surface area contributed by atoms with E-state index in [1.807, 2.05) is 0 Å². The molecular weight excluding hydrogens is 427 g/mol. The molecule has 0 aliphatic carbocycles. The van der Waals surface area contributed by atoms with Crippen LogP contribution in [0.25, 0.3) is 0 Å². The number of hydrogen-bond acceptors (Lipinski definition) is 12. The number of carbonyl (C=O) groups excluding carboxylic acids is 2. The van der Waals surface area contributed by atoms with Crippen molar-refractivity contribution in [3.63, 3.8) is 0 Å². The summed E-state index contributed by atoms with van der Waals surface area (Å²) >= 11 is 0. The van der Waals surface area contributed by atoms with Crippen molar-refractivity contribution < 1.29 is 56.1 Å². The molecule has 0 spiro atoms. The number of benzene rings is 1. The van der Waals surface area contributed by atoms with Gasteiger partial charge in [0.25, 0.3) is 0 Å². The highest BCUT2D eigenvalue weighted by molar-refractivity contribution is 7.48. The van der Waals surface area contributed by atoms with Gasteiger partial charge in [-0.1, -0.05) is 30.3 Å². The fourth-order valence-corrected chi connectivity index (χ4v) is 2.92. The van der Waals surface area contributed by atoms with Gasteiger partial charge in [0, 0.05) is 0 Å². The molecule has 0 unspecified atom stereocenters. The van der Waals surface area contributed by atoms with Crippen LogP contribution in [0.5, 0.6) is 0 Å². The van der Waals surface area contributed by atoms with Gasteiger partial charge in [-0.2, -0.15) is 0 Å². The molecule has 12 nitrogen and oxygen atoms in total. The molecule has 0 amide bonds. The Hall–Kier alpha value is -2.21. The summed E-state index contributed by atoms with van der Waals surface area (Å²) in [6.45, 7) is -0.580. The van der Waals surface area contributed by atoms with Gasteiger partial charge in [-0.15, -0.1) is 0 Å². The minimum absolute atomic E-state index is 0.133. The van der Waals surface area contributed by atoms with Crippen molar-refractivity contribution in [2.45, 2.75) is 18.8 Å². The van der Waals surface area contributed by atoms with Gasteiger partial charge in [-0.25, -0.2) is 23.2 Å². The van der Waals surface area contributed by atoms with Crippen molar-refractivity contribution in [2.75, 3.05) is 40.0 Å². The lowest BCUT2D eigenvalue weighted by molar-refractivity contribution is -0.124. The van der Waals surface area contributed by atoms with Crippen LogP contribution in [0.15, 0.2) is 30.3 Å². The van der Waals surface area contributed by atoms with E-state index in [9.17, 15) is 14.2 Å². The number of phosphoric ester groups is 1. The lowest BCUT2D eigenvalue weighted by Gasteiger charge is -2.25. The zero-order valence-electron chi connectivity index (χ0n) is 15.8. The van der Waals surface area contributed by atoms with Crippen LogP contribution >= 0.6 is 7.82 Å². The maximum absolute atomic E-state index is 12.8. The first-order valence-corrected chi connectivity index (χ1v) is 10.4. The second-order valence-corrected chi connectivity index (χ2v) is 7.71. The highest BCUT2D eigenvalue weighted by Gasteiger charge is 2.30. The second kappa shape index (κ2) is 11.3. The predicted molar refractivity (Wildman–Crippen MR) is 95.1 cm³/mol. The van der Waals surface area contributed by atoms with Gasteiger partial charge in [0.2, 0.25) is 13.6 Å². The Kier molecular flexibility index (Phi) is 8.43. The van der Waals surface area contributed by atoms with Gasteiger partial charge in [0.15, 0.2) is 12.2 Å². The summed E-state index contributed by atoms with van der Waals surface area (Å²) in [4.78, 5) is 23.0. The van der Waals surface area contributed by atoms with E-state index < -0.39 is 45.9 Å². The highest BCUT2D eigenvalue weighted by Crippen LogP contribution is 2.50. The first-order chi connectivity index (χ1) is 14.5. The molecule has 2 aliphatic heterocycles. The lowest BCUT2D eigenvalue weighted by atomic mass is 10.2. The Balaban J connectivity index is 1.44. The average molecular weight is 448 g/mol. The molecule has 2 fully saturated rings. The molecule has 30 heavy (non-hydrogen) atoms. The Morgan fingerprint density at radius 3 is 1.77 bits per heavy atom. The molecule has 0 aromatic heterocycles. The number of ether oxygens (including phenoxy) is 6. The lowest BCUT2D eigenvalue weighted by Crippen LogP contribution is -2.38. The van der Waals surface area contributed by atoms with E-state index >= 15 is 0 Å². The van der Waals surface area contributed by atoms with Crippen LogP contribution in [-0.2, 0) is 53.2 Å². The van der Waals surface area contributed by atoms with Crippen LogP contribution in [0.3, 0.4) is 0 Å². The summed E-state index contributed by atoms with van der Waals surface area (Å²) < 4.78 is 56.7. The maximum atomic E-state index is 12.8. The summed E-state index contributed by atoms with van der Waals surface area (Å²) in [6.07, 6.45) is -2.84. The minimum atomic E-state index is -4.27. The summed E-state index contributed by atoms with van der Waals surface area (Å²) in [5.74, 6) is 0. The summed E-state index contributed by atoms with van der Waals surface area (Å²) in [6, 6.07) is 8.78. The van der Waals surface area contributed by atoms with Gasteiger partial charge in [0.05, 0.1) is 33.0 Å². The molecule has 2 heterocycles. The Morgan fingerprint density at radius 2 is 1.33 bits per heavy atom. The van der Waals surface area contributed by atoms with E-state index in [2.05, 4.69) is 9.47 Å². The number of hydrogen-bond donors (Lipinski definition) is 0. The standard InChI is InChI=1S/C17H21O12P/c18-16(28-14-7-21-8-14)23-11-26-30(20,25-6-13-4-2-1-3-5-13)27-12-24-17(19)29-15-9-22-10-15/h1-5,14-15H,6-12H2. The molecule has 0 radical (unpaired) electrons. The molecular formula is C17H21O12P. The maximum Gasteiger partial charge on any atom is 0.510 e. The van der Waals surface area contributed by atoms with E-state index in [-0.39, 0.29) is 33.0 Å². The Bertz CT molecular complexity index is 696. The van der Waals surface area contributed by atoms with Crippen molar-refractivity contribution in [2.24, 2.45) is 0 Å². The summed E-state index contributed by atoms with van der Waals surface area (Å²) in [5.41, 5.74) is 0.681. The number of rotatable bonds is 11. The zero-order chi connectivity index (χ0) is 21.2. The van der Waals surface area contributed by atoms with Gasteiger partial charge in [0.1, 0.15) is 0 Å². The molecule has 3 rings (SSSR count). The van der Waals surface area contributed by atoms with E-state index in [1.165, 1.54) is 0 Å². The zero-order valence-corrected chi connectivity index (χ0v) is 16.7. The molecule has 0 atom stereocenters. The van der Waals surface area contributed by atoms with Crippen LogP contribution in [0.1, 0.15) is 5.56 Å². The monoisotopic (exact) mass is 448 g/mol. The van der Waals surface area contributed by atoms with Gasteiger partial charge >= 0.3 is 20.1 Å². The van der Waals surface area contributed by atoms with Crippen molar-refractivity contribution in [3.8, 4) is 0 Å². The minimum Gasteiger partial charge on any atom is -0.426 e. The Morgan fingerprint density at radius 1 is 0.833 bits per heavy atom. The van der Waals surface area contributed by atoms with Crippen molar-refractivity contribution in [1.29, 1.82) is 0 Å². The molecule has 13 heteroatoms. The van der Waals surface area contributed by atoms with E-state index in [1.54, 1.807) is 30.3 Å². The molecule has 0 saturated carbocycles. The summed E-state index contributed by atoms with van der Waals surface area (Å²) in [7, 11) is -4.27. The Labute approximate surface area is 171 Å². The summed E-state index contributed by atoms with van der Waals surface area (Å²) in [5, 5.41) is 0. The number of phosphoric acid groups is 1. The first kappa shape index (κ1) is 22.5. The molecule has 2 aliphatic rings. The van der Waals surface area contributed by atoms with Gasteiger partial charge in [-0.3, -0.25) is 4.52 Å². The van der Waals surface area contributed by atoms with E-state index in [0.29, 0.717) is 5.56 Å². The van der Waals surface area contributed by atoms with E-state index in [0.717, 1.165) is 0 Å². The third kappa shape index (κ3) is 7.56. The molecule has 1 aromatic rings. The van der Waals surface area contributed by atoms with Crippen LogP contribution in [0, 0.1) is 0 Å². The van der Waals surface area contributed by atoms with Gasteiger partial charge < -0.3 is 28.4 Å². The molecule has 2 saturated heterocycles. The van der Waals surface area contributed by atoms with Crippen LogP contribution < -0.4 is 0 Å². The molecule has 0 N–H and O–H groups in total. The van der Waals surface area contributed by atoms with Crippen LogP contribution in [0.4, 0.5) is 9.59 Å². The second-order valence-electron chi connectivity index (χ2n) is 6.04. The van der Waals surface area contributed by atoms with Gasteiger partial charge in [-0.05, 0) is 5.56 Å². The fourth-order valence-electron chi connectivity index (χ4n) is 2.02. The van der Waals surface area contributed by atoms with Crippen LogP contribution in [-0.4, -0.2) is 64.5 Å². The topological polar surface area (TPSA) is 134 Å². The fraction of sp³-hybridized carbons (Fsp3) is 0.529. The third-order valence-electron chi connectivity index (χ3n) is 3.75.